The van der Waals surface area contributed by atoms with Crippen molar-refractivity contribution in [3.05, 3.63) is 82.6 Å². The van der Waals surface area contributed by atoms with Crippen molar-refractivity contribution in [3.63, 3.8) is 0 Å². The van der Waals surface area contributed by atoms with Gasteiger partial charge in [0.2, 0.25) is 0 Å². The number of alkyl halides is 3. The number of carbonyl (C=O) groups is 1. The van der Waals surface area contributed by atoms with E-state index in [0.717, 1.165) is 6.07 Å². The summed E-state index contributed by atoms with van der Waals surface area (Å²) >= 11 is 0. The van der Waals surface area contributed by atoms with Crippen molar-refractivity contribution in [2.45, 2.75) is 19.0 Å². The summed E-state index contributed by atoms with van der Waals surface area (Å²) in [4.78, 5) is 30.1. The Kier molecular flexibility index (Phi) is 5.76. The molecule has 0 aliphatic carbocycles. The number of hydrogen-bond donors (Lipinski definition) is 2. The molecule has 0 saturated carbocycles. The number of hydrogen-bond acceptors (Lipinski definition) is 3. The van der Waals surface area contributed by atoms with Crippen LogP contribution in [0.5, 0.6) is 0 Å². The molecule has 0 atom stereocenters. The van der Waals surface area contributed by atoms with Gasteiger partial charge in [0.05, 0.1) is 0 Å². The van der Waals surface area contributed by atoms with Crippen molar-refractivity contribution in [2.75, 3.05) is 5.32 Å². The fourth-order valence-electron chi connectivity index (χ4n) is 2.24. The third-order valence-corrected chi connectivity index (χ3v) is 3.36. The minimum atomic E-state index is -4.70. The van der Waals surface area contributed by atoms with Gasteiger partial charge in [0.25, 0.3) is 11.5 Å². The summed E-state index contributed by atoms with van der Waals surface area (Å²) in [7, 11) is 0. The number of H-pyrrole nitrogens is 1. The Balaban J connectivity index is 2.30. The maximum Gasteiger partial charge on any atom is 0.431 e. The highest BCUT2D eigenvalue weighted by Gasteiger charge is 2.32. The van der Waals surface area contributed by atoms with Crippen molar-refractivity contribution >= 4 is 11.6 Å². The molecule has 136 valence electrons. The molecule has 0 unspecified atom stereocenters. The Labute approximate surface area is 147 Å². The second-order valence-electron chi connectivity index (χ2n) is 5.39. The molecule has 0 aromatic carbocycles. The predicted molar refractivity (Wildman–Crippen MR) is 92.1 cm³/mol. The van der Waals surface area contributed by atoms with Gasteiger partial charge in [0.1, 0.15) is 11.3 Å². The lowest BCUT2D eigenvalue weighted by Crippen LogP contribution is -2.25. The SMILES string of the molecule is C=CCc1cc(NC(=O)c2ccc(C(F)(F)F)[nH]c2=O)cc(CC=C)n1. The zero-order valence-corrected chi connectivity index (χ0v) is 13.7. The maximum atomic E-state index is 12.6. The standard InChI is InChI=1S/C18H16F3N3O2/c1-3-5-11-9-13(10-12(22-11)6-4-2)23-16(25)14-7-8-15(18(19,20)21)24-17(14)26/h3-4,7-10H,1-2,5-6H2,(H,24,26)(H,22,23,25). The summed E-state index contributed by atoms with van der Waals surface area (Å²) < 4.78 is 37.8. The molecule has 2 rings (SSSR count). The van der Waals surface area contributed by atoms with Gasteiger partial charge in [-0.05, 0) is 24.3 Å². The minimum absolute atomic E-state index is 0.373. The predicted octanol–water partition coefficient (Wildman–Crippen LogP) is 3.50. The van der Waals surface area contributed by atoms with E-state index in [4.69, 9.17) is 0 Å². The van der Waals surface area contributed by atoms with Gasteiger partial charge in [-0.3, -0.25) is 14.6 Å². The summed E-state index contributed by atoms with van der Waals surface area (Å²) in [6.45, 7) is 7.25. The van der Waals surface area contributed by atoms with E-state index < -0.39 is 28.9 Å². The van der Waals surface area contributed by atoms with Crippen LogP contribution in [0, 0.1) is 0 Å². The molecule has 2 heterocycles. The van der Waals surface area contributed by atoms with E-state index in [-0.39, 0.29) is 0 Å². The van der Waals surface area contributed by atoms with Crippen LogP contribution in [0.3, 0.4) is 0 Å². The number of pyridine rings is 2. The first-order valence-electron chi connectivity index (χ1n) is 7.58. The summed E-state index contributed by atoms with van der Waals surface area (Å²) in [6, 6.07) is 4.69. The fourth-order valence-corrected chi connectivity index (χ4v) is 2.24. The Morgan fingerprint density at radius 2 is 1.73 bits per heavy atom. The highest BCUT2D eigenvalue weighted by atomic mass is 19.4. The largest absolute Gasteiger partial charge is 0.431 e. The van der Waals surface area contributed by atoms with Crippen molar-refractivity contribution < 1.29 is 18.0 Å². The molecule has 0 aliphatic rings. The molecule has 2 N–H and O–H groups in total. The van der Waals surface area contributed by atoms with Crippen LogP contribution >= 0.6 is 0 Å². The molecular weight excluding hydrogens is 347 g/mol. The topological polar surface area (TPSA) is 74.8 Å². The maximum absolute atomic E-state index is 12.6. The van der Waals surface area contributed by atoms with Gasteiger partial charge in [-0.25, -0.2) is 0 Å². The average molecular weight is 363 g/mol. The van der Waals surface area contributed by atoms with Crippen LogP contribution in [-0.2, 0) is 19.0 Å². The van der Waals surface area contributed by atoms with Crippen LogP contribution in [0.15, 0.2) is 54.4 Å². The molecule has 0 aliphatic heterocycles. The first-order valence-corrected chi connectivity index (χ1v) is 7.58. The first kappa shape index (κ1) is 19.2. The Morgan fingerprint density at radius 3 is 2.19 bits per heavy atom. The second-order valence-corrected chi connectivity index (χ2v) is 5.39. The quantitative estimate of drug-likeness (QED) is 0.772. The molecule has 2 aromatic rings. The van der Waals surface area contributed by atoms with E-state index in [1.54, 1.807) is 29.3 Å². The van der Waals surface area contributed by atoms with Crippen molar-refractivity contribution in [1.82, 2.24) is 9.97 Å². The summed E-state index contributed by atoms with van der Waals surface area (Å²) in [5, 5.41) is 2.51. The lowest BCUT2D eigenvalue weighted by Gasteiger charge is -2.10. The van der Waals surface area contributed by atoms with Gasteiger partial charge in [-0.15, -0.1) is 13.2 Å². The zero-order valence-electron chi connectivity index (χ0n) is 13.7. The zero-order chi connectivity index (χ0) is 19.3. The Hall–Kier alpha value is -3.16. The van der Waals surface area contributed by atoms with E-state index in [2.05, 4.69) is 23.5 Å². The smallest absolute Gasteiger partial charge is 0.322 e. The van der Waals surface area contributed by atoms with Gasteiger partial charge in [0, 0.05) is 29.9 Å². The number of halogens is 3. The van der Waals surface area contributed by atoms with Gasteiger partial charge in [-0.1, -0.05) is 12.2 Å². The fraction of sp³-hybridized carbons (Fsp3) is 0.167. The molecular formula is C18H16F3N3O2. The Bertz CT molecular complexity index is 873. The van der Waals surface area contributed by atoms with E-state index >= 15 is 0 Å². The monoisotopic (exact) mass is 363 g/mol. The number of allylic oxidation sites excluding steroid dienone is 2. The van der Waals surface area contributed by atoms with Crippen LogP contribution in [-0.4, -0.2) is 15.9 Å². The number of aromatic amines is 1. The van der Waals surface area contributed by atoms with E-state index in [9.17, 15) is 22.8 Å². The van der Waals surface area contributed by atoms with E-state index in [0.29, 0.717) is 36.0 Å². The van der Waals surface area contributed by atoms with Crippen LogP contribution in [0.4, 0.5) is 18.9 Å². The molecule has 5 nitrogen and oxygen atoms in total. The highest BCUT2D eigenvalue weighted by Crippen LogP contribution is 2.26. The lowest BCUT2D eigenvalue weighted by molar-refractivity contribution is -0.141. The lowest BCUT2D eigenvalue weighted by atomic mass is 10.1. The highest BCUT2D eigenvalue weighted by molar-refractivity contribution is 6.04. The second kappa shape index (κ2) is 7.81. The molecule has 8 heteroatoms. The van der Waals surface area contributed by atoms with Crippen LogP contribution in [0.1, 0.15) is 27.4 Å². The normalized spacial score (nSPS) is 11.0. The molecule has 0 fully saturated rings. The number of carbonyl (C=O) groups excluding carboxylic acids is 1. The third-order valence-electron chi connectivity index (χ3n) is 3.36. The Morgan fingerprint density at radius 1 is 1.15 bits per heavy atom. The molecule has 0 spiro atoms. The molecule has 0 bridgehead atoms. The summed E-state index contributed by atoms with van der Waals surface area (Å²) in [5.41, 5.74) is -1.09. The van der Waals surface area contributed by atoms with Gasteiger partial charge >= 0.3 is 6.18 Å². The van der Waals surface area contributed by atoms with Crippen molar-refractivity contribution in [2.24, 2.45) is 0 Å². The first-order chi connectivity index (χ1) is 12.2. The number of rotatable bonds is 6. The number of anilines is 1. The van der Waals surface area contributed by atoms with Gasteiger partial charge in [-0.2, -0.15) is 13.2 Å². The minimum Gasteiger partial charge on any atom is -0.322 e. The van der Waals surface area contributed by atoms with E-state index in [1.807, 2.05) is 0 Å². The average Bonchev–Trinajstić information content (AvgIpc) is 2.54. The molecule has 26 heavy (non-hydrogen) atoms. The van der Waals surface area contributed by atoms with Crippen LogP contribution < -0.4 is 10.9 Å². The van der Waals surface area contributed by atoms with Crippen LogP contribution in [0.2, 0.25) is 0 Å². The number of nitrogens with zero attached hydrogens (tertiary/aromatic N) is 1. The van der Waals surface area contributed by atoms with Crippen molar-refractivity contribution in [1.29, 1.82) is 0 Å². The van der Waals surface area contributed by atoms with Crippen LogP contribution in [0.25, 0.3) is 0 Å². The van der Waals surface area contributed by atoms with Gasteiger partial charge in [0.15, 0.2) is 0 Å². The molecule has 0 saturated heterocycles. The molecule has 0 radical (unpaired) electrons. The number of amides is 1. The number of nitrogens with one attached hydrogen (secondary N) is 2. The molecule has 1 amide bonds. The molecule has 2 aromatic heterocycles. The van der Waals surface area contributed by atoms with Gasteiger partial charge < -0.3 is 10.3 Å². The summed E-state index contributed by atoms with van der Waals surface area (Å²) in [6.07, 6.45) is -0.472. The number of aromatic nitrogens is 2. The third kappa shape index (κ3) is 4.69. The van der Waals surface area contributed by atoms with Crippen molar-refractivity contribution in [3.8, 4) is 0 Å². The van der Waals surface area contributed by atoms with E-state index in [1.165, 1.54) is 0 Å². The summed E-state index contributed by atoms with van der Waals surface area (Å²) in [5.74, 6) is -0.819.